The maximum absolute atomic E-state index is 12.4. The van der Waals surface area contributed by atoms with Crippen LogP contribution in [0, 0.1) is 5.41 Å². The Morgan fingerprint density at radius 2 is 1.95 bits per heavy atom. The first-order chi connectivity index (χ1) is 8.72. The van der Waals surface area contributed by atoms with Gasteiger partial charge in [0.1, 0.15) is 9.84 Å². The summed E-state index contributed by atoms with van der Waals surface area (Å²) in [6, 6.07) is 0.470. The van der Waals surface area contributed by atoms with Crippen LogP contribution in [0.4, 0.5) is 0 Å². The second-order valence-electron chi connectivity index (χ2n) is 6.32. The summed E-state index contributed by atoms with van der Waals surface area (Å²) in [6.07, 6.45) is 3.37. The molecule has 1 aliphatic heterocycles. The zero-order valence-corrected chi connectivity index (χ0v) is 14.0. The maximum Gasteiger partial charge on any atom is 0.223 e. The normalized spacial score (nSPS) is 28.6. The molecule has 1 saturated carbocycles. The first kappa shape index (κ1) is 17.7. The highest BCUT2D eigenvalue weighted by atomic mass is 35.5. The monoisotopic (exact) mass is 324 g/mol. The molecule has 0 bridgehead atoms. The lowest BCUT2D eigenvalue weighted by Crippen LogP contribution is -2.57. The predicted molar refractivity (Wildman–Crippen MR) is 81.9 cm³/mol. The molecule has 2 unspecified atom stereocenters. The number of amides is 1. The lowest BCUT2D eigenvalue weighted by Gasteiger charge is -2.39. The Balaban J connectivity index is 0.00000200. The van der Waals surface area contributed by atoms with Crippen molar-refractivity contribution in [3.63, 3.8) is 0 Å². The van der Waals surface area contributed by atoms with E-state index in [0.29, 0.717) is 12.5 Å². The summed E-state index contributed by atoms with van der Waals surface area (Å²) >= 11 is 0. The molecule has 1 aliphatic carbocycles. The SMILES string of the molecule is CC1NCCN(C(=O)CC2(CS(C)(=O)=O)CC2)C1C.Cl. The van der Waals surface area contributed by atoms with Gasteiger partial charge in [0.05, 0.1) is 5.75 Å². The minimum atomic E-state index is -3.00. The number of hydrogen-bond donors (Lipinski definition) is 1. The molecule has 7 heteroatoms. The number of piperazine rings is 1. The van der Waals surface area contributed by atoms with Gasteiger partial charge < -0.3 is 10.2 Å². The van der Waals surface area contributed by atoms with Gasteiger partial charge in [0, 0.05) is 37.8 Å². The number of sulfone groups is 1. The molecule has 1 amide bonds. The third-order valence-electron chi connectivity index (χ3n) is 4.41. The first-order valence-corrected chi connectivity index (χ1v) is 8.99. The third kappa shape index (κ3) is 4.33. The highest BCUT2D eigenvalue weighted by molar-refractivity contribution is 7.90. The first-order valence-electron chi connectivity index (χ1n) is 6.93. The lowest BCUT2D eigenvalue weighted by atomic mass is 10.0. The average Bonchev–Trinajstić information content (AvgIpc) is 2.98. The summed E-state index contributed by atoms with van der Waals surface area (Å²) in [5, 5.41) is 3.34. The zero-order chi connectivity index (χ0) is 14.3. The van der Waals surface area contributed by atoms with Crippen LogP contribution in [0.1, 0.15) is 33.1 Å². The second-order valence-corrected chi connectivity index (χ2v) is 8.46. The highest BCUT2D eigenvalue weighted by Gasteiger charge is 2.47. The van der Waals surface area contributed by atoms with Gasteiger partial charge in [-0.05, 0) is 32.1 Å². The van der Waals surface area contributed by atoms with E-state index in [2.05, 4.69) is 12.2 Å². The number of hydrogen-bond acceptors (Lipinski definition) is 4. The van der Waals surface area contributed by atoms with Gasteiger partial charge in [0.25, 0.3) is 0 Å². The molecule has 118 valence electrons. The topological polar surface area (TPSA) is 66.5 Å². The van der Waals surface area contributed by atoms with Gasteiger partial charge in [-0.15, -0.1) is 12.4 Å². The van der Waals surface area contributed by atoms with Crippen LogP contribution in [0.3, 0.4) is 0 Å². The molecular weight excluding hydrogens is 300 g/mol. The van der Waals surface area contributed by atoms with Crippen LogP contribution in [0.15, 0.2) is 0 Å². The summed E-state index contributed by atoms with van der Waals surface area (Å²) in [5.41, 5.74) is -0.265. The smallest absolute Gasteiger partial charge is 0.223 e. The fourth-order valence-corrected chi connectivity index (χ4v) is 4.44. The number of carbonyl (C=O) groups excluding carboxylic acids is 1. The number of nitrogens with one attached hydrogen (secondary N) is 1. The standard InChI is InChI=1S/C13H24N2O3S.ClH/c1-10-11(2)15(7-6-14-10)12(16)8-13(4-5-13)9-19(3,17)18;/h10-11,14H,4-9H2,1-3H3;1H. The van der Waals surface area contributed by atoms with Gasteiger partial charge in [-0.2, -0.15) is 0 Å². The van der Waals surface area contributed by atoms with Crippen molar-refractivity contribution >= 4 is 28.2 Å². The van der Waals surface area contributed by atoms with E-state index >= 15 is 0 Å². The average molecular weight is 325 g/mol. The van der Waals surface area contributed by atoms with E-state index in [1.807, 2.05) is 11.8 Å². The molecule has 5 nitrogen and oxygen atoms in total. The molecule has 20 heavy (non-hydrogen) atoms. The molecule has 2 aliphatic rings. The largest absolute Gasteiger partial charge is 0.337 e. The van der Waals surface area contributed by atoms with E-state index in [4.69, 9.17) is 0 Å². The maximum atomic E-state index is 12.4. The van der Waals surface area contributed by atoms with Gasteiger partial charge in [-0.3, -0.25) is 4.79 Å². The van der Waals surface area contributed by atoms with Crippen molar-refractivity contribution < 1.29 is 13.2 Å². The van der Waals surface area contributed by atoms with Crippen molar-refractivity contribution in [2.75, 3.05) is 25.1 Å². The number of nitrogens with zero attached hydrogens (tertiary/aromatic N) is 1. The molecule has 2 atom stereocenters. The molecule has 2 rings (SSSR count). The molecule has 1 heterocycles. The number of halogens is 1. The Morgan fingerprint density at radius 1 is 1.35 bits per heavy atom. The van der Waals surface area contributed by atoms with Crippen LogP contribution in [-0.4, -0.2) is 56.4 Å². The summed E-state index contributed by atoms with van der Waals surface area (Å²) in [7, 11) is -3.00. The summed E-state index contributed by atoms with van der Waals surface area (Å²) in [6.45, 7) is 5.66. The van der Waals surface area contributed by atoms with Crippen molar-refractivity contribution in [1.29, 1.82) is 0 Å². The Kier molecular flexibility index (Phi) is 5.49. The molecule has 0 aromatic heterocycles. The zero-order valence-electron chi connectivity index (χ0n) is 12.4. The van der Waals surface area contributed by atoms with Crippen LogP contribution in [-0.2, 0) is 14.6 Å². The fraction of sp³-hybridized carbons (Fsp3) is 0.923. The van der Waals surface area contributed by atoms with E-state index in [-0.39, 0.29) is 35.5 Å². The Bertz CT molecular complexity index is 462. The van der Waals surface area contributed by atoms with Gasteiger partial charge in [-0.25, -0.2) is 8.42 Å². The Hall–Kier alpha value is -0.330. The van der Waals surface area contributed by atoms with Crippen LogP contribution in [0.2, 0.25) is 0 Å². The molecule has 1 N–H and O–H groups in total. The van der Waals surface area contributed by atoms with Gasteiger partial charge in [0.2, 0.25) is 5.91 Å². The Labute approximate surface area is 127 Å². The number of carbonyl (C=O) groups is 1. The summed E-state index contributed by atoms with van der Waals surface area (Å²) in [4.78, 5) is 14.3. The van der Waals surface area contributed by atoms with Crippen molar-refractivity contribution in [2.24, 2.45) is 5.41 Å². The highest BCUT2D eigenvalue weighted by Crippen LogP contribution is 2.50. The van der Waals surface area contributed by atoms with Crippen LogP contribution in [0.25, 0.3) is 0 Å². The van der Waals surface area contributed by atoms with Crippen LogP contribution < -0.4 is 5.32 Å². The molecule has 0 aromatic carbocycles. The second kappa shape index (κ2) is 6.20. The predicted octanol–water partition coefficient (Wildman–Crippen LogP) is 0.832. The molecule has 2 fully saturated rings. The van der Waals surface area contributed by atoms with Gasteiger partial charge in [-0.1, -0.05) is 0 Å². The minimum Gasteiger partial charge on any atom is -0.337 e. The molecular formula is C13H25ClN2O3S. The van der Waals surface area contributed by atoms with Crippen molar-refractivity contribution in [3.05, 3.63) is 0 Å². The summed E-state index contributed by atoms with van der Waals surface area (Å²) in [5.74, 6) is 0.267. The van der Waals surface area contributed by atoms with E-state index in [0.717, 1.165) is 25.9 Å². The van der Waals surface area contributed by atoms with Gasteiger partial charge in [0.15, 0.2) is 0 Å². The van der Waals surface area contributed by atoms with Crippen molar-refractivity contribution in [3.8, 4) is 0 Å². The molecule has 0 aromatic rings. The van der Waals surface area contributed by atoms with E-state index in [9.17, 15) is 13.2 Å². The Morgan fingerprint density at radius 3 is 2.45 bits per heavy atom. The minimum absolute atomic E-state index is 0. The van der Waals surface area contributed by atoms with Crippen molar-refractivity contribution in [2.45, 2.75) is 45.2 Å². The lowest BCUT2D eigenvalue weighted by molar-refractivity contribution is -0.136. The third-order valence-corrected chi connectivity index (χ3v) is 5.54. The number of rotatable bonds is 4. The van der Waals surface area contributed by atoms with Crippen LogP contribution >= 0.6 is 12.4 Å². The van der Waals surface area contributed by atoms with E-state index in [1.54, 1.807) is 0 Å². The van der Waals surface area contributed by atoms with Crippen LogP contribution in [0.5, 0.6) is 0 Å². The molecule has 0 radical (unpaired) electrons. The fourth-order valence-electron chi connectivity index (χ4n) is 2.94. The van der Waals surface area contributed by atoms with E-state index < -0.39 is 9.84 Å². The quantitative estimate of drug-likeness (QED) is 0.832. The van der Waals surface area contributed by atoms with Gasteiger partial charge >= 0.3 is 0 Å². The molecule has 0 spiro atoms. The molecule has 1 saturated heterocycles. The summed E-state index contributed by atoms with van der Waals surface area (Å²) < 4.78 is 22.9. The van der Waals surface area contributed by atoms with Crippen molar-refractivity contribution in [1.82, 2.24) is 10.2 Å². The van der Waals surface area contributed by atoms with E-state index in [1.165, 1.54) is 6.26 Å².